The van der Waals surface area contributed by atoms with E-state index in [1.54, 1.807) is 4.90 Å². The topological polar surface area (TPSA) is 40.5 Å². The molecule has 0 radical (unpaired) electrons. The Hall–Kier alpha value is -1.79. The first-order valence-corrected chi connectivity index (χ1v) is 7.15. The summed E-state index contributed by atoms with van der Waals surface area (Å²) in [7, 11) is 1.86. The van der Waals surface area contributed by atoms with Gasteiger partial charge in [0.25, 0.3) is 0 Å². The van der Waals surface area contributed by atoms with Crippen LogP contribution in [0.2, 0.25) is 0 Å². The van der Waals surface area contributed by atoms with Crippen LogP contribution in [0.25, 0.3) is 0 Å². The molecule has 0 atom stereocenters. The van der Waals surface area contributed by atoms with E-state index >= 15 is 0 Å². The van der Waals surface area contributed by atoms with Crippen LogP contribution in [0.5, 0.6) is 0 Å². The van der Waals surface area contributed by atoms with Gasteiger partial charge in [-0.2, -0.15) is 0 Å². The van der Waals surface area contributed by atoms with Crippen LogP contribution in [-0.4, -0.2) is 29.6 Å². The lowest BCUT2D eigenvalue weighted by Gasteiger charge is -2.21. The van der Waals surface area contributed by atoms with E-state index in [0.717, 1.165) is 24.0 Å². The number of hydrogen-bond acceptors (Lipinski definition) is 2. The minimum absolute atomic E-state index is 0.148. The number of benzene rings is 1. The Morgan fingerprint density at radius 2 is 2.05 bits per heavy atom. The zero-order valence-corrected chi connectivity index (χ0v) is 11.9. The highest BCUT2D eigenvalue weighted by Gasteiger charge is 2.25. The first-order chi connectivity index (χ1) is 9.72. The molecular weight excluding hydrogens is 250 g/mol. The molecule has 3 nitrogen and oxygen atoms in total. The fourth-order valence-electron chi connectivity index (χ4n) is 2.73. The summed E-state index contributed by atoms with van der Waals surface area (Å²) in [6, 6.07) is 7.78. The Bertz CT molecular complexity index is 521. The van der Waals surface area contributed by atoms with Crippen LogP contribution in [0.3, 0.4) is 0 Å². The molecule has 1 aromatic rings. The summed E-state index contributed by atoms with van der Waals surface area (Å²) in [5, 5.41) is 8.79. The number of amides is 1. The van der Waals surface area contributed by atoms with Gasteiger partial charge in [-0.05, 0) is 24.5 Å². The second-order valence-electron chi connectivity index (χ2n) is 5.29. The molecule has 1 amide bonds. The van der Waals surface area contributed by atoms with Gasteiger partial charge in [-0.25, -0.2) is 0 Å². The highest BCUT2D eigenvalue weighted by atomic mass is 16.2. The molecule has 2 rings (SSSR count). The largest absolute Gasteiger partial charge is 0.384 e. The minimum atomic E-state index is -0.148. The van der Waals surface area contributed by atoms with Crippen molar-refractivity contribution < 1.29 is 9.90 Å². The zero-order chi connectivity index (χ0) is 14.4. The van der Waals surface area contributed by atoms with Crippen LogP contribution in [0.4, 0.5) is 0 Å². The van der Waals surface area contributed by atoms with Gasteiger partial charge in [0.05, 0.1) is 0 Å². The number of carbonyl (C=O) groups is 1. The van der Waals surface area contributed by atoms with Crippen molar-refractivity contribution in [2.75, 3.05) is 13.7 Å². The van der Waals surface area contributed by atoms with Crippen LogP contribution in [0.1, 0.15) is 36.8 Å². The van der Waals surface area contributed by atoms with E-state index in [9.17, 15) is 4.79 Å². The van der Waals surface area contributed by atoms with Crippen molar-refractivity contribution in [1.82, 2.24) is 4.90 Å². The van der Waals surface area contributed by atoms with Crippen LogP contribution in [-0.2, 0) is 11.3 Å². The van der Waals surface area contributed by atoms with E-state index in [2.05, 4.69) is 11.8 Å². The molecule has 0 aliphatic heterocycles. The maximum Gasteiger partial charge on any atom is 0.225 e. The SMILES string of the molecule is CN(Cc1ccccc1C#CCO)C(=O)C1CCCC1. The van der Waals surface area contributed by atoms with E-state index in [1.165, 1.54) is 12.8 Å². The molecule has 0 bridgehead atoms. The Labute approximate surface area is 120 Å². The molecule has 3 heteroatoms. The number of carbonyl (C=O) groups excluding carboxylic acids is 1. The summed E-state index contributed by atoms with van der Waals surface area (Å²) >= 11 is 0. The predicted molar refractivity (Wildman–Crippen MR) is 78.8 cm³/mol. The molecule has 0 saturated heterocycles. The molecule has 106 valence electrons. The molecule has 0 spiro atoms. The first-order valence-electron chi connectivity index (χ1n) is 7.15. The highest BCUT2D eigenvalue weighted by molar-refractivity contribution is 5.78. The molecule has 1 fully saturated rings. The van der Waals surface area contributed by atoms with E-state index in [0.29, 0.717) is 6.54 Å². The first kappa shape index (κ1) is 14.6. The summed E-state index contributed by atoms with van der Waals surface area (Å²) in [6.45, 7) is 0.427. The Kier molecular flexibility index (Phi) is 5.20. The average Bonchev–Trinajstić information content (AvgIpc) is 2.99. The van der Waals surface area contributed by atoms with Gasteiger partial charge in [-0.3, -0.25) is 4.79 Å². The third kappa shape index (κ3) is 3.61. The molecular formula is C17H21NO2. The number of rotatable bonds is 3. The molecule has 0 unspecified atom stereocenters. The van der Waals surface area contributed by atoms with Crippen molar-refractivity contribution in [2.45, 2.75) is 32.2 Å². The van der Waals surface area contributed by atoms with Gasteiger partial charge >= 0.3 is 0 Å². The number of hydrogen-bond donors (Lipinski definition) is 1. The highest BCUT2D eigenvalue weighted by Crippen LogP contribution is 2.26. The quantitative estimate of drug-likeness (QED) is 0.856. The van der Waals surface area contributed by atoms with E-state index in [1.807, 2.05) is 31.3 Å². The fraction of sp³-hybridized carbons (Fsp3) is 0.471. The lowest BCUT2D eigenvalue weighted by atomic mass is 10.0. The third-order valence-electron chi connectivity index (χ3n) is 3.81. The van der Waals surface area contributed by atoms with Gasteiger partial charge < -0.3 is 10.0 Å². The lowest BCUT2D eigenvalue weighted by Crippen LogP contribution is -2.31. The Morgan fingerprint density at radius 1 is 1.35 bits per heavy atom. The summed E-state index contributed by atoms with van der Waals surface area (Å²) in [6.07, 6.45) is 4.38. The van der Waals surface area contributed by atoms with Gasteiger partial charge in [0, 0.05) is 25.1 Å². The maximum absolute atomic E-state index is 12.3. The van der Waals surface area contributed by atoms with Gasteiger partial charge in [0.15, 0.2) is 0 Å². The van der Waals surface area contributed by atoms with E-state index in [4.69, 9.17) is 5.11 Å². The van der Waals surface area contributed by atoms with Crippen LogP contribution >= 0.6 is 0 Å². The Balaban J connectivity index is 2.07. The van der Waals surface area contributed by atoms with Crippen molar-refractivity contribution in [1.29, 1.82) is 0 Å². The second-order valence-corrected chi connectivity index (χ2v) is 5.29. The van der Waals surface area contributed by atoms with Gasteiger partial charge in [-0.15, -0.1) is 0 Å². The van der Waals surface area contributed by atoms with E-state index in [-0.39, 0.29) is 18.4 Å². The smallest absolute Gasteiger partial charge is 0.225 e. The Morgan fingerprint density at radius 3 is 2.75 bits per heavy atom. The molecule has 1 N–H and O–H groups in total. The second kappa shape index (κ2) is 7.12. The van der Waals surface area contributed by atoms with Gasteiger partial charge in [0.1, 0.15) is 6.61 Å². The maximum atomic E-state index is 12.3. The standard InChI is InChI=1S/C17H21NO2/c1-18(17(20)15-8-3-4-9-15)13-16-10-5-2-7-14(16)11-6-12-19/h2,5,7,10,15,19H,3-4,8-9,12-13H2,1H3. The van der Waals surface area contributed by atoms with Crippen molar-refractivity contribution in [3.63, 3.8) is 0 Å². The van der Waals surface area contributed by atoms with Crippen LogP contribution in [0.15, 0.2) is 24.3 Å². The fourth-order valence-corrected chi connectivity index (χ4v) is 2.73. The number of aliphatic hydroxyl groups excluding tert-OH is 1. The molecule has 1 aliphatic rings. The average molecular weight is 271 g/mol. The molecule has 1 aromatic carbocycles. The van der Waals surface area contributed by atoms with Crippen molar-refractivity contribution in [3.05, 3.63) is 35.4 Å². The zero-order valence-electron chi connectivity index (χ0n) is 11.9. The van der Waals surface area contributed by atoms with Crippen LogP contribution in [0, 0.1) is 17.8 Å². The van der Waals surface area contributed by atoms with Gasteiger partial charge in [-0.1, -0.05) is 42.9 Å². The lowest BCUT2D eigenvalue weighted by molar-refractivity contribution is -0.134. The summed E-state index contributed by atoms with van der Waals surface area (Å²) in [5.74, 6) is 6.05. The van der Waals surface area contributed by atoms with Gasteiger partial charge in [0.2, 0.25) is 5.91 Å². The minimum Gasteiger partial charge on any atom is -0.384 e. The summed E-state index contributed by atoms with van der Waals surface area (Å²) < 4.78 is 0. The normalized spacial score (nSPS) is 14.7. The monoisotopic (exact) mass is 271 g/mol. The predicted octanol–water partition coefficient (Wildman–Crippen LogP) is 2.18. The van der Waals surface area contributed by atoms with Crippen molar-refractivity contribution in [3.8, 4) is 11.8 Å². The number of aliphatic hydroxyl groups is 1. The molecule has 1 saturated carbocycles. The third-order valence-corrected chi connectivity index (χ3v) is 3.81. The molecule has 0 aromatic heterocycles. The molecule has 0 heterocycles. The van der Waals surface area contributed by atoms with E-state index < -0.39 is 0 Å². The van der Waals surface area contributed by atoms with Crippen molar-refractivity contribution in [2.24, 2.45) is 5.92 Å². The summed E-state index contributed by atoms with van der Waals surface area (Å²) in [4.78, 5) is 14.1. The molecule has 20 heavy (non-hydrogen) atoms. The number of nitrogens with zero attached hydrogens (tertiary/aromatic N) is 1. The van der Waals surface area contributed by atoms with Crippen LogP contribution < -0.4 is 0 Å². The molecule has 1 aliphatic carbocycles. The summed E-state index contributed by atoms with van der Waals surface area (Å²) in [5.41, 5.74) is 1.91. The van der Waals surface area contributed by atoms with Crippen molar-refractivity contribution >= 4 is 5.91 Å².